The number of ether oxygens (including phenoxy) is 1. The molecule has 1 atom stereocenters. The lowest BCUT2D eigenvalue weighted by atomic mass is 10.1. The zero-order chi connectivity index (χ0) is 15.5. The summed E-state index contributed by atoms with van der Waals surface area (Å²) in [6.07, 6.45) is 0.585. The van der Waals surface area contributed by atoms with E-state index in [1.165, 1.54) is 5.56 Å². The number of hydrogen-bond donors (Lipinski definition) is 1. The van der Waals surface area contributed by atoms with E-state index in [9.17, 15) is 0 Å². The van der Waals surface area contributed by atoms with E-state index in [-0.39, 0.29) is 6.04 Å². The van der Waals surface area contributed by atoms with E-state index >= 15 is 0 Å². The quantitative estimate of drug-likeness (QED) is 0.924. The van der Waals surface area contributed by atoms with Crippen LogP contribution < -0.4 is 10.1 Å². The van der Waals surface area contributed by atoms with E-state index in [0.717, 1.165) is 36.8 Å². The number of nitrogens with zero attached hydrogens (tertiary/aromatic N) is 3. The first-order valence-corrected chi connectivity index (χ1v) is 7.54. The molecule has 1 aromatic carbocycles. The molecule has 0 amide bonds. The van der Waals surface area contributed by atoms with Crippen LogP contribution in [0.2, 0.25) is 0 Å². The van der Waals surface area contributed by atoms with Crippen molar-refractivity contribution in [2.75, 3.05) is 33.8 Å². The fraction of sp³-hybridized carbons (Fsp3) is 0.500. The lowest BCUT2D eigenvalue weighted by molar-refractivity contribution is 0.190. The van der Waals surface area contributed by atoms with Gasteiger partial charge in [0, 0.05) is 25.2 Å². The van der Waals surface area contributed by atoms with Crippen molar-refractivity contribution in [3.05, 3.63) is 41.0 Å². The van der Waals surface area contributed by atoms with Crippen LogP contribution in [0.15, 0.2) is 22.7 Å². The Morgan fingerprint density at radius 3 is 3.09 bits per heavy atom. The number of piperazine rings is 1. The topological polar surface area (TPSA) is 63.4 Å². The number of rotatable bonds is 4. The van der Waals surface area contributed by atoms with Crippen LogP contribution in [0.3, 0.4) is 0 Å². The number of benzene rings is 1. The minimum atomic E-state index is 0.172. The SMILES string of the molecule is COc1ccc(C)cc1Cc1nc(C2CNCCN2C)no1. The van der Waals surface area contributed by atoms with Gasteiger partial charge < -0.3 is 14.6 Å². The summed E-state index contributed by atoms with van der Waals surface area (Å²) in [4.78, 5) is 6.82. The fourth-order valence-corrected chi connectivity index (χ4v) is 2.78. The highest BCUT2D eigenvalue weighted by Gasteiger charge is 2.25. The Kier molecular flexibility index (Phi) is 4.40. The van der Waals surface area contributed by atoms with Crippen LogP contribution in [0.5, 0.6) is 5.75 Å². The summed E-state index contributed by atoms with van der Waals surface area (Å²) < 4.78 is 10.8. The zero-order valence-corrected chi connectivity index (χ0v) is 13.3. The fourth-order valence-electron chi connectivity index (χ4n) is 2.78. The summed E-state index contributed by atoms with van der Waals surface area (Å²) in [7, 11) is 3.77. The van der Waals surface area contributed by atoms with Gasteiger partial charge in [0.25, 0.3) is 0 Å². The van der Waals surface area contributed by atoms with Crippen molar-refractivity contribution in [1.29, 1.82) is 0 Å². The summed E-state index contributed by atoms with van der Waals surface area (Å²) in [6.45, 7) is 4.90. The van der Waals surface area contributed by atoms with Gasteiger partial charge in [-0.25, -0.2) is 0 Å². The molecule has 2 aromatic rings. The van der Waals surface area contributed by atoms with Crippen LogP contribution >= 0.6 is 0 Å². The largest absolute Gasteiger partial charge is 0.496 e. The standard InChI is InChI=1S/C16H22N4O2/c1-11-4-5-14(21-3)12(8-11)9-15-18-16(19-22-15)13-10-17-6-7-20(13)2/h4-5,8,13,17H,6-7,9-10H2,1-3H3. The molecule has 0 bridgehead atoms. The number of hydrogen-bond acceptors (Lipinski definition) is 6. The van der Waals surface area contributed by atoms with Crippen molar-refractivity contribution in [2.24, 2.45) is 0 Å². The van der Waals surface area contributed by atoms with Crippen LogP contribution in [-0.4, -0.2) is 48.8 Å². The van der Waals surface area contributed by atoms with E-state index in [1.807, 2.05) is 12.1 Å². The maximum Gasteiger partial charge on any atom is 0.231 e. The molecule has 0 saturated carbocycles. The summed E-state index contributed by atoms with van der Waals surface area (Å²) in [5.74, 6) is 2.22. The molecule has 22 heavy (non-hydrogen) atoms. The molecule has 1 aliphatic rings. The highest BCUT2D eigenvalue weighted by Crippen LogP contribution is 2.23. The van der Waals surface area contributed by atoms with Gasteiger partial charge in [-0.3, -0.25) is 4.90 Å². The summed E-state index contributed by atoms with van der Waals surface area (Å²) in [6, 6.07) is 6.27. The molecule has 6 nitrogen and oxygen atoms in total. The molecule has 1 fully saturated rings. The zero-order valence-electron chi connectivity index (χ0n) is 13.3. The predicted molar refractivity (Wildman–Crippen MR) is 83.1 cm³/mol. The van der Waals surface area contributed by atoms with Crippen LogP contribution in [0, 0.1) is 6.92 Å². The Balaban J connectivity index is 1.78. The Morgan fingerprint density at radius 2 is 2.32 bits per heavy atom. The first-order valence-electron chi connectivity index (χ1n) is 7.54. The van der Waals surface area contributed by atoms with Crippen LogP contribution in [0.4, 0.5) is 0 Å². The maximum absolute atomic E-state index is 5.44. The van der Waals surface area contributed by atoms with E-state index < -0.39 is 0 Å². The van der Waals surface area contributed by atoms with Crippen LogP contribution in [0.25, 0.3) is 0 Å². The van der Waals surface area contributed by atoms with Gasteiger partial charge in [0.1, 0.15) is 5.75 Å². The van der Waals surface area contributed by atoms with Crippen molar-refractivity contribution in [3.63, 3.8) is 0 Å². The highest BCUT2D eigenvalue weighted by molar-refractivity contribution is 5.38. The summed E-state index contributed by atoms with van der Waals surface area (Å²) in [5.41, 5.74) is 2.25. The Hall–Kier alpha value is -1.92. The lowest BCUT2D eigenvalue weighted by Crippen LogP contribution is -2.44. The molecule has 6 heteroatoms. The summed E-state index contributed by atoms with van der Waals surface area (Å²) >= 11 is 0. The average molecular weight is 302 g/mol. The van der Waals surface area contributed by atoms with E-state index in [0.29, 0.717) is 12.3 Å². The van der Waals surface area contributed by atoms with Crippen molar-refractivity contribution in [3.8, 4) is 5.75 Å². The Bertz CT molecular complexity index is 641. The monoisotopic (exact) mass is 302 g/mol. The maximum atomic E-state index is 5.44. The third-order valence-electron chi connectivity index (χ3n) is 4.07. The minimum absolute atomic E-state index is 0.172. The van der Waals surface area contributed by atoms with Crippen LogP contribution in [0.1, 0.15) is 28.9 Å². The molecule has 3 rings (SSSR count). The van der Waals surface area contributed by atoms with Crippen molar-refractivity contribution in [2.45, 2.75) is 19.4 Å². The minimum Gasteiger partial charge on any atom is -0.496 e. The predicted octanol–water partition coefficient (Wildman–Crippen LogP) is 1.55. The van der Waals surface area contributed by atoms with Crippen molar-refractivity contribution < 1.29 is 9.26 Å². The van der Waals surface area contributed by atoms with Gasteiger partial charge in [0.05, 0.1) is 19.6 Å². The Morgan fingerprint density at radius 1 is 1.45 bits per heavy atom. The van der Waals surface area contributed by atoms with Gasteiger partial charge in [0.15, 0.2) is 5.82 Å². The first kappa shape index (κ1) is 15.0. The molecule has 1 aliphatic heterocycles. The summed E-state index contributed by atoms with van der Waals surface area (Å²) in [5, 5.41) is 7.52. The van der Waals surface area contributed by atoms with Gasteiger partial charge in [-0.1, -0.05) is 22.9 Å². The average Bonchev–Trinajstić information content (AvgIpc) is 2.96. The first-order chi connectivity index (χ1) is 10.7. The molecule has 0 aliphatic carbocycles. The molecular formula is C16H22N4O2. The van der Waals surface area contributed by atoms with Crippen molar-refractivity contribution >= 4 is 0 Å². The number of nitrogens with one attached hydrogen (secondary N) is 1. The van der Waals surface area contributed by atoms with Gasteiger partial charge in [0.2, 0.25) is 5.89 Å². The molecule has 1 unspecified atom stereocenters. The highest BCUT2D eigenvalue weighted by atomic mass is 16.5. The number of methoxy groups -OCH3 is 1. The smallest absolute Gasteiger partial charge is 0.231 e. The van der Waals surface area contributed by atoms with Gasteiger partial charge in [-0.2, -0.15) is 4.98 Å². The van der Waals surface area contributed by atoms with Gasteiger partial charge in [-0.05, 0) is 20.0 Å². The molecule has 1 saturated heterocycles. The molecule has 0 spiro atoms. The lowest BCUT2D eigenvalue weighted by Gasteiger charge is -2.30. The molecule has 118 valence electrons. The molecule has 1 N–H and O–H groups in total. The molecule has 2 heterocycles. The number of aryl methyl sites for hydroxylation is 1. The van der Waals surface area contributed by atoms with Gasteiger partial charge in [-0.15, -0.1) is 0 Å². The third kappa shape index (κ3) is 3.13. The number of aromatic nitrogens is 2. The van der Waals surface area contributed by atoms with Crippen LogP contribution in [-0.2, 0) is 6.42 Å². The molecular weight excluding hydrogens is 280 g/mol. The van der Waals surface area contributed by atoms with Gasteiger partial charge >= 0.3 is 0 Å². The van der Waals surface area contributed by atoms with E-state index in [1.54, 1.807) is 7.11 Å². The molecule has 0 radical (unpaired) electrons. The second-order valence-electron chi connectivity index (χ2n) is 5.74. The Labute approximate surface area is 130 Å². The number of likely N-dealkylation sites (N-methyl/N-ethyl adjacent to an activating group) is 1. The second kappa shape index (κ2) is 6.46. The molecule has 1 aromatic heterocycles. The normalized spacial score (nSPS) is 19.3. The second-order valence-corrected chi connectivity index (χ2v) is 5.74. The van der Waals surface area contributed by atoms with Crippen molar-refractivity contribution in [1.82, 2.24) is 20.4 Å². The third-order valence-corrected chi connectivity index (χ3v) is 4.07. The van der Waals surface area contributed by atoms with E-state index in [2.05, 4.69) is 40.4 Å². The van der Waals surface area contributed by atoms with E-state index in [4.69, 9.17) is 9.26 Å².